The zero-order chi connectivity index (χ0) is 13.7. The van der Waals surface area contributed by atoms with Gasteiger partial charge in [-0.2, -0.15) is 0 Å². The molecule has 2 amide bonds. The van der Waals surface area contributed by atoms with Crippen LogP contribution in [0.4, 0.5) is 11.4 Å². The summed E-state index contributed by atoms with van der Waals surface area (Å²) in [7, 11) is 0. The number of benzene rings is 2. The molecular formula is C15H13N2O2. The lowest BCUT2D eigenvalue weighted by Crippen LogP contribution is -2.12. The molecule has 0 bridgehead atoms. The molecule has 2 N–H and O–H groups in total. The summed E-state index contributed by atoms with van der Waals surface area (Å²) < 4.78 is 0. The summed E-state index contributed by atoms with van der Waals surface area (Å²) in [4.78, 5) is 22.8. The lowest BCUT2D eigenvalue weighted by molar-refractivity contribution is -0.114. The Kier molecular flexibility index (Phi) is 3.93. The van der Waals surface area contributed by atoms with Crippen molar-refractivity contribution >= 4 is 23.2 Å². The van der Waals surface area contributed by atoms with Gasteiger partial charge in [0.05, 0.1) is 0 Å². The van der Waals surface area contributed by atoms with Crippen LogP contribution in [0.25, 0.3) is 0 Å². The minimum absolute atomic E-state index is 0.143. The minimum atomic E-state index is -0.211. The summed E-state index contributed by atoms with van der Waals surface area (Å²) in [6, 6.07) is 16.8. The van der Waals surface area contributed by atoms with Crippen LogP contribution in [0, 0.1) is 6.07 Å². The van der Waals surface area contributed by atoms with E-state index < -0.39 is 0 Å². The quantitative estimate of drug-likeness (QED) is 0.883. The van der Waals surface area contributed by atoms with Crippen LogP contribution in [0.2, 0.25) is 0 Å². The SMILES string of the molecule is CC(=O)Nc1ccc(C(=O)Nc2[c]cccc2)cc1. The van der Waals surface area contributed by atoms with Gasteiger partial charge in [0.2, 0.25) is 5.91 Å². The van der Waals surface area contributed by atoms with E-state index in [0.717, 1.165) is 0 Å². The molecule has 4 nitrogen and oxygen atoms in total. The number of carbonyl (C=O) groups excluding carboxylic acids is 2. The van der Waals surface area contributed by atoms with Crippen LogP contribution >= 0.6 is 0 Å². The second-order valence-corrected chi connectivity index (χ2v) is 3.99. The molecule has 2 rings (SSSR count). The maximum atomic E-state index is 11.9. The van der Waals surface area contributed by atoms with Gasteiger partial charge in [0, 0.05) is 29.9 Å². The number of nitrogens with one attached hydrogen (secondary N) is 2. The van der Waals surface area contributed by atoms with Crippen LogP contribution < -0.4 is 10.6 Å². The topological polar surface area (TPSA) is 58.2 Å². The van der Waals surface area contributed by atoms with Crippen molar-refractivity contribution in [3.05, 3.63) is 60.2 Å². The van der Waals surface area contributed by atoms with Crippen LogP contribution in [-0.4, -0.2) is 11.8 Å². The zero-order valence-electron chi connectivity index (χ0n) is 10.4. The minimum Gasteiger partial charge on any atom is -0.326 e. The van der Waals surface area contributed by atoms with Crippen LogP contribution in [0.15, 0.2) is 48.5 Å². The fourth-order valence-corrected chi connectivity index (χ4v) is 1.57. The van der Waals surface area contributed by atoms with Crippen molar-refractivity contribution in [1.29, 1.82) is 0 Å². The number of amides is 2. The molecule has 0 fully saturated rings. The molecule has 0 aliphatic rings. The van der Waals surface area contributed by atoms with Gasteiger partial charge in [-0.15, -0.1) is 0 Å². The van der Waals surface area contributed by atoms with E-state index in [4.69, 9.17) is 0 Å². The van der Waals surface area contributed by atoms with E-state index in [0.29, 0.717) is 16.9 Å². The van der Waals surface area contributed by atoms with Gasteiger partial charge in [0.1, 0.15) is 0 Å². The third-order valence-electron chi connectivity index (χ3n) is 2.42. The molecule has 2 aromatic carbocycles. The molecule has 0 unspecified atom stereocenters. The van der Waals surface area contributed by atoms with Gasteiger partial charge >= 0.3 is 0 Å². The Balaban J connectivity index is 2.05. The highest BCUT2D eigenvalue weighted by Gasteiger charge is 2.06. The third-order valence-corrected chi connectivity index (χ3v) is 2.42. The summed E-state index contributed by atoms with van der Waals surface area (Å²) >= 11 is 0. The Morgan fingerprint density at radius 3 is 2.32 bits per heavy atom. The Bertz CT molecular complexity index is 577. The van der Waals surface area contributed by atoms with Crippen LogP contribution in [0.5, 0.6) is 0 Å². The van der Waals surface area contributed by atoms with E-state index in [1.807, 2.05) is 12.1 Å². The van der Waals surface area contributed by atoms with Crippen LogP contribution in [0.1, 0.15) is 17.3 Å². The number of hydrogen-bond donors (Lipinski definition) is 2. The first-order chi connectivity index (χ1) is 9.15. The molecule has 4 heteroatoms. The summed E-state index contributed by atoms with van der Waals surface area (Å²) in [5.41, 5.74) is 1.81. The molecule has 2 aromatic rings. The lowest BCUT2D eigenvalue weighted by atomic mass is 10.2. The average Bonchev–Trinajstić information content (AvgIpc) is 2.40. The van der Waals surface area contributed by atoms with Crippen molar-refractivity contribution in [2.24, 2.45) is 0 Å². The Labute approximate surface area is 111 Å². The average molecular weight is 253 g/mol. The summed E-state index contributed by atoms with van der Waals surface area (Å²) in [6.07, 6.45) is 0. The number of rotatable bonds is 3. The second-order valence-electron chi connectivity index (χ2n) is 3.99. The predicted molar refractivity (Wildman–Crippen MR) is 74.0 cm³/mol. The number of para-hydroxylation sites is 1. The Morgan fingerprint density at radius 1 is 1.00 bits per heavy atom. The van der Waals surface area contributed by atoms with E-state index in [1.165, 1.54) is 6.92 Å². The molecule has 0 aromatic heterocycles. The Hall–Kier alpha value is -2.62. The Morgan fingerprint density at radius 2 is 1.74 bits per heavy atom. The molecule has 0 saturated carbocycles. The lowest BCUT2D eigenvalue weighted by Gasteiger charge is -2.06. The summed E-state index contributed by atoms with van der Waals surface area (Å²) in [5, 5.41) is 5.38. The fourth-order valence-electron chi connectivity index (χ4n) is 1.57. The zero-order valence-corrected chi connectivity index (χ0v) is 10.4. The third kappa shape index (κ3) is 3.67. The first-order valence-corrected chi connectivity index (χ1v) is 5.81. The molecule has 0 saturated heterocycles. The molecule has 1 radical (unpaired) electrons. The first kappa shape index (κ1) is 12.8. The van der Waals surface area contributed by atoms with Crippen LogP contribution in [-0.2, 0) is 4.79 Å². The maximum Gasteiger partial charge on any atom is 0.255 e. The number of carbonyl (C=O) groups is 2. The first-order valence-electron chi connectivity index (χ1n) is 5.81. The summed E-state index contributed by atoms with van der Waals surface area (Å²) in [5.74, 6) is -0.354. The molecule has 19 heavy (non-hydrogen) atoms. The van der Waals surface area contributed by atoms with E-state index >= 15 is 0 Å². The molecule has 0 aliphatic heterocycles. The van der Waals surface area contributed by atoms with Gasteiger partial charge < -0.3 is 10.6 Å². The van der Waals surface area contributed by atoms with Crippen molar-refractivity contribution in [3.8, 4) is 0 Å². The van der Waals surface area contributed by atoms with Gasteiger partial charge in [-0.05, 0) is 30.3 Å². The van der Waals surface area contributed by atoms with Crippen molar-refractivity contribution in [2.75, 3.05) is 10.6 Å². The van der Waals surface area contributed by atoms with Crippen molar-refractivity contribution in [2.45, 2.75) is 6.92 Å². The van der Waals surface area contributed by atoms with Crippen molar-refractivity contribution in [1.82, 2.24) is 0 Å². The molecule has 0 spiro atoms. The smallest absolute Gasteiger partial charge is 0.255 e. The highest BCUT2D eigenvalue weighted by atomic mass is 16.2. The second kappa shape index (κ2) is 5.82. The molecule has 0 aliphatic carbocycles. The van der Waals surface area contributed by atoms with E-state index in [1.54, 1.807) is 36.4 Å². The van der Waals surface area contributed by atoms with Crippen molar-refractivity contribution in [3.63, 3.8) is 0 Å². The highest BCUT2D eigenvalue weighted by molar-refractivity contribution is 6.04. The predicted octanol–water partition coefficient (Wildman–Crippen LogP) is 2.70. The maximum absolute atomic E-state index is 11.9. The van der Waals surface area contributed by atoms with Crippen LogP contribution in [0.3, 0.4) is 0 Å². The van der Waals surface area contributed by atoms with E-state index in [9.17, 15) is 9.59 Å². The molecule has 95 valence electrons. The van der Waals surface area contributed by atoms with E-state index in [2.05, 4.69) is 16.7 Å². The van der Waals surface area contributed by atoms with E-state index in [-0.39, 0.29) is 11.8 Å². The van der Waals surface area contributed by atoms with Gasteiger partial charge in [0.25, 0.3) is 5.91 Å². The summed E-state index contributed by atoms with van der Waals surface area (Å²) in [6.45, 7) is 1.44. The molecular weight excluding hydrogens is 240 g/mol. The fraction of sp³-hybridized carbons (Fsp3) is 0.0667. The molecule has 0 heterocycles. The van der Waals surface area contributed by atoms with Gasteiger partial charge in [-0.1, -0.05) is 18.2 Å². The standard InChI is InChI=1S/C15H13N2O2/c1-11(18)16-14-9-7-12(8-10-14)15(19)17-13-5-3-2-4-6-13/h2-5,7-10H,1H3,(H,16,18)(H,17,19). The number of hydrogen-bond acceptors (Lipinski definition) is 2. The normalized spacial score (nSPS) is 9.74. The number of anilines is 2. The van der Waals surface area contributed by atoms with Gasteiger partial charge in [-0.3, -0.25) is 9.59 Å². The highest BCUT2D eigenvalue weighted by Crippen LogP contribution is 2.12. The van der Waals surface area contributed by atoms with Crippen molar-refractivity contribution < 1.29 is 9.59 Å². The molecule has 0 atom stereocenters. The largest absolute Gasteiger partial charge is 0.326 e. The van der Waals surface area contributed by atoms with Gasteiger partial charge in [-0.25, -0.2) is 0 Å². The monoisotopic (exact) mass is 253 g/mol. The van der Waals surface area contributed by atoms with Gasteiger partial charge in [0.15, 0.2) is 0 Å².